The van der Waals surface area contributed by atoms with Gasteiger partial charge in [0, 0.05) is 24.9 Å². The smallest absolute Gasteiger partial charge is 0.321 e. The molecule has 8 heteroatoms. The van der Waals surface area contributed by atoms with Crippen molar-refractivity contribution < 1.29 is 24.2 Å². The SMILES string of the molecule is CC(C)(CN(COCc1ccccc1)[C@@H](Cc1cnc[nH]1)C(=O)O)OC=O. The highest BCUT2D eigenvalue weighted by Gasteiger charge is 2.32. The number of aromatic nitrogens is 2. The normalized spacial score (nSPS) is 12.7. The molecule has 1 aromatic carbocycles. The van der Waals surface area contributed by atoms with Gasteiger partial charge in [0.15, 0.2) is 0 Å². The Hall–Kier alpha value is -2.71. The number of hydrogen-bond donors (Lipinski definition) is 2. The second kappa shape index (κ2) is 9.84. The van der Waals surface area contributed by atoms with Crippen LogP contribution < -0.4 is 0 Å². The maximum absolute atomic E-state index is 11.9. The van der Waals surface area contributed by atoms with Crippen molar-refractivity contribution in [1.82, 2.24) is 14.9 Å². The average molecular weight is 375 g/mol. The van der Waals surface area contributed by atoms with E-state index in [1.165, 1.54) is 6.33 Å². The van der Waals surface area contributed by atoms with Gasteiger partial charge >= 0.3 is 5.97 Å². The Morgan fingerprint density at radius 1 is 1.37 bits per heavy atom. The first kappa shape index (κ1) is 20.6. The first-order valence-electron chi connectivity index (χ1n) is 8.58. The van der Waals surface area contributed by atoms with Gasteiger partial charge in [-0.25, -0.2) is 4.98 Å². The second-order valence-corrected chi connectivity index (χ2v) is 6.82. The summed E-state index contributed by atoms with van der Waals surface area (Å²) in [4.78, 5) is 31.2. The monoisotopic (exact) mass is 375 g/mol. The van der Waals surface area contributed by atoms with Gasteiger partial charge in [0.1, 0.15) is 18.4 Å². The van der Waals surface area contributed by atoms with E-state index in [1.54, 1.807) is 24.9 Å². The molecule has 1 aromatic heterocycles. The number of hydrogen-bond acceptors (Lipinski definition) is 6. The highest BCUT2D eigenvalue weighted by atomic mass is 16.5. The van der Waals surface area contributed by atoms with Crippen LogP contribution in [0.5, 0.6) is 0 Å². The number of benzene rings is 1. The summed E-state index contributed by atoms with van der Waals surface area (Å²) in [6, 6.07) is 8.74. The Kier molecular flexibility index (Phi) is 7.51. The molecule has 146 valence electrons. The quantitative estimate of drug-likeness (QED) is 0.431. The van der Waals surface area contributed by atoms with E-state index in [9.17, 15) is 14.7 Å². The molecule has 2 rings (SSSR count). The van der Waals surface area contributed by atoms with Crippen molar-refractivity contribution in [2.45, 2.75) is 38.5 Å². The van der Waals surface area contributed by atoms with Crippen molar-refractivity contribution in [3.63, 3.8) is 0 Å². The van der Waals surface area contributed by atoms with Crippen LogP contribution in [0.2, 0.25) is 0 Å². The van der Waals surface area contributed by atoms with E-state index in [0.29, 0.717) is 18.8 Å². The summed E-state index contributed by atoms with van der Waals surface area (Å²) in [7, 11) is 0. The Balaban J connectivity index is 2.10. The second-order valence-electron chi connectivity index (χ2n) is 6.82. The third kappa shape index (κ3) is 6.84. The Labute approximate surface area is 158 Å². The highest BCUT2D eigenvalue weighted by Crippen LogP contribution is 2.16. The number of imidazole rings is 1. The number of carboxylic acid groups (broad SMARTS) is 1. The molecule has 2 aromatic rings. The third-order valence-corrected chi connectivity index (χ3v) is 4.01. The fourth-order valence-corrected chi connectivity index (χ4v) is 2.73. The van der Waals surface area contributed by atoms with E-state index < -0.39 is 17.6 Å². The molecular formula is C19H25N3O5. The predicted molar refractivity (Wildman–Crippen MR) is 97.7 cm³/mol. The summed E-state index contributed by atoms with van der Waals surface area (Å²) in [6.07, 6.45) is 3.32. The summed E-state index contributed by atoms with van der Waals surface area (Å²) in [5.41, 5.74) is 0.824. The number of aliphatic carboxylic acids is 1. The largest absolute Gasteiger partial charge is 0.480 e. The molecule has 0 aliphatic carbocycles. The number of aromatic amines is 1. The zero-order valence-corrected chi connectivity index (χ0v) is 15.5. The molecule has 0 saturated heterocycles. The summed E-state index contributed by atoms with van der Waals surface area (Å²) in [5.74, 6) is -0.991. The van der Waals surface area contributed by atoms with Crippen molar-refractivity contribution in [3.8, 4) is 0 Å². The number of carbonyl (C=O) groups excluding carboxylic acids is 1. The lowest BCUT2D eigenvalue weighted by Gasteiger charge is -2.34. The molecule has 0 amide bonds. The Morgan fingerprint density at radius 2 is 2.11 bits per heavy atom. The molecule has 2 N–H and O–H groups in total. The van der Waals surface area contributed by atoms with Gasteiger partial charge in [-0.2, -0.15) is 0 Å². The molecule has 0 bridgehead atoms. The number of carbonyl (C=O) groups is 2. The van der Waals surface area contributed by atoms with Crippen molar-refractivity contribution in [2.24, 2.45) is 0 Å². The minimum Gasteiger partial charge on any atom is -0.480 e. The lowest BCUT2D eigenvalue weighted by molar-refractivity contribution is -0.152. The molecular weight excluding hydrogens is 350 g/mol. The van der Waals surface area contributed by atoms with Crippen LogP contribution >= 0.6 is 0 Å². The highest BCUT2D eigenvalue weighted by molar-refractivity contribution is 5.73. The Bertz CT molecular complexity index is 703. The molecule has 1 heterocycles. The van der Waals surface area contributed by atoms with E-state index in [2.05, 4.69) is 9.97 Å². The molecule has 0 unspecified atom stereocenters. The number of nitrogens with one attached hydrogen (secondary N) is 1. The maximum Gasteiger partial charge on any atom is 0.321 e. The summed E-state index contributed by atoms with van der Waals surface area (Å²) < 4.78 is 10.8. The first-order valence-corrected chi connectivity index (χ1v) is 8.58. The first-order chi connectivity index (χ1) is 12.9. The molecule has 27 heavy (non-hydrogen) atoms. The standard InChI is InChI=1S/C19H25N3O5/c1-19(2,27-14-23)11-22(13-26-10-15-6-4-3-5-7-15)17(18(24)25)8-16-9-20-12-21-16/h3-7,9,12,14,17H,8,10-11,13H2,1-2H3,(H,20,21)(H,24,25)/t17-/m0/s1. The van der Waals surface area contributed by atoms with Gasteiger partial charge in [-0.05, 0) is 19.4 Å². The van der Waals surface area contributed by atoms with E-state index in [1.807, 2.05) is 30.3 Å². The summed E-state index contributed by atoms with van der Waals surface area (Å²) >= 11 is 0. The van der Waals surface area contributed by atoms with Crippen molar-refractivity contribution in [1.29, 1.82) is 0 Å². The maximum atomic E-state index is 11.9. The zero-order chi connectivity index (χ0) is 19.7. The van der Waals surface area contributed by atoms with Gasteiger partial charge < -0.3 is 19.6 Å². The number of carboxylic acids is 1. The van der Waals surface area contributed by atoms with Crippen LogP contribution in [-0.2, 0) is 32.1 Å². The minimum atomic E-state index is -0.991. The van der Waals surface area contributed by atoms with E-state index in [0.717, 1.165) is 5.56 Å². The molecule has 0 aliphatic rings. The van der Waals surface area contributed by atoms with Crippen LogP contribution in [-0.4, -0.2) is 57.3 Å². The summed E-state index contributed by atoms with van der Waals surface area (Å²) in [6.45, 7) is 4.44. The van der Waals surface area contributed by atoms with E-state index >= 15 is 0 Å². The van der Waals surface area contributed by atoms with Gasteiger partial charge in [0.05, 0.1) is 12.9 Å². The van der Waals surface area contributed by atoms with E-state index in [4.69, 9.17) is 9.47 Å². The van der Waals surface area contributed by atoms with Crippen LogP contribution in [0.1, 0.15) is 25.1 Å². The number of ether oxygens (including phenoxy) is 2. The van der Waals surface area contributed by atoms with Crippen molar-refractivity contribution in [2.75, 3.05) is 13.3 Å². The molecule has 0 spiro atoms. The lowest BCUT2D eigenvalue weighted by atomic mass is 10.1. The number of H-pyrrole nitrogens is 1. The van der Waals surface area contributed by atoms with Crippen LogP contribution in [0.15, 0.2) is 42.9 Å². The third-order valence-electron chi connectivity index (χ3n) is 4.01. The van der Waals surface area contributed by atoms with Crippen LogP contribution in [0, 0.1) is 0 Å². The predicted octanol–water partition coefficient (Wildman–Crippen LogP) is 1.83. The van der Waals surface area contributed by atoms with Gasteiger partial charge in [-0.3, -0.25) is 14.5 Å². The topological polar surface area (TPSA) is 105 Å². The van der Waals surface area contributed by atoms with Gasteiger partial charge in [0.25, 0.3) is 6.47 Å². The van der Waals surface area contributed by atoms with Crippen LogP contribution in [0.3, 0.4) is 0 Å². The van der Waals surface area contributed by atoms with E-state index in [-0.39, 0.29) is 19.7 Å². The summed E-state index contributed by atoms with van der Waals surface area (Å²) in [5, 5.41) is 9.74. The minimum absolute atomic E-state index is 0.0750. The Morgan fingerprint density at radius 3 is 2.70 bits per heavy atom. The van der Waals surface area contributed by atoms with Gasteiger partial charge in [-0.1, -0.05) is 30.3 Å². The molecule has 0 fully saturated rings. The van der Waals surface area contributed by atoms with Crippen LogP contribution in [0.4, 0.5) is 0 Å². The van der Waals surface area contributed by atoms with Gasteiger partial charge in [-0.15, -0.1) is 0 Å². The molecule has 0 saturated carbocycles. The fraction of sp³-hybridized carbons (Fsp3) is 0.421. The van der Waals surface area contributed by atoms with Crippen LogP contribution in [0.25, 0.3) is 0 Å². The fourth-order valence-electron chi connectivity index (χ4n) is 2.73. The lowest BCUT2D eigenvalue weighted by Crippen LogP contribution is -2.50. The number of nitrogens with zero attached hydrogens (tertiary/aromatic N) is 2. The molecule has 0 radical (unpaired) electrons. The van der Waals surface area contributed by atoms with Crippen molar-refractivity contribution in [3.05, 3.63) is 54.1 Å². The number of rotatable bonds is 12. The average Bonchev–Trinajstić information content (AvgIpc) is 3.12. The molecule has 0 aliphatic heterocycles. The zero-order valence-electron chi connectivity index (χ0n) is 15.5. The van der Waals surface area contributed by atoms with Crippen molar-refractivity contribution >= 4 is 12.4 Å². The molecule has 1 atom stereocenters. The molecule has 8 nitrogen and oxygen atoms in total. The van der Waals surface area contributed by atoms with Gasteiger partial charge in [0.2, 0.25) is 0 Å².